The largest absolute Gasteiger partial charge is 0.457 e. The Morgan fingerprint density at radius 2 is 1.73 bits per heavy atom. The van der Waals surface area contributed by atoms with Crippen LogP contribution in [0.4, 0.5) is 5.69 Å². The first kappa shape index (κ1) is 13.8. The molecule has 3 aromatic rings. The number of nitro groups is 1. The number of benzene rings is 2. The van der Waals surface area contributed by atoms with Gasteiger partial charge in [0.1, 0.15) is 11.5 Å². The second kappa shape index (κ2) is 6.10. The van der Waals surface area contributed by atoms with Gasteiger partial charge in [-0.05, 0) is 23.8 Å². The molecule has 0 fully saturated rings. The van der Waals surface area contributed by atoms with E-state index in [1.54, 1.807) is 18.2 Å². The molecule has 0 atom stereocenters. The zero-order valence-corrected chi connectivity index (χ0v) is 11.7. The van der Waals surface area contributed by atoms with Crippen LogP contribution in [-0.4, -0.2) is 4.92 Å². The quantitative estimate of drug-likeness (QED) is 0.500. The van der Waals surface area contributed by atoms with Crippen LogP contribution in [0.1, 0.15) is 11.3 Å². The van der Waals surface area contributed by atoms with Crippen LogP contribution in [0.25, 0.3) is 23.5 Å². The highest BCUT2D eigenvalue weighted by Gasteiger charge is 2.04. The average molecular weight is 291 g/mol. The van der Waals surface area contributed by atoms with Crippen LogP contribution in [0, 0.1) is 10.1 Å². The zero-order chi connectivity index (χ0) is 15.4. The molecule has 1 heterocycles. The van der Waals surface area contributed by atoms with Gasteiger partial charge in [-0.1, -0.05) is 48.5 Å². The summed E-state index contributed by atoms with van der Waals surface area (Å²) in [5.74, 6) is 1.49. The number of furan rings is 1. The van der Waals surface area contributed by atoms with Crippen molar-refractivity contribution in [1.29, 1.82) is 0 Å². The molecule has 0 aliphatic carbocycles. The van der Waals surface area contributed by atoms with Gasteiger partial charge in [-0.3, -0.25) is 10.1 Å². The molecular weight excluding hydrogens is 278 g/mol. The molecule has 0 radical (unpaired) electrons. The molecule has 1 aromatic heterocycles. The third kappa shape index (κ3) is 3.12. The minimum Gasteiger partial charge on any atom is -0.457 e. The molecule has 108 valence electrons. The SMILES string of the molecule is O=[N+]([O-])c1cccc(C=Cc2ccc(-c3ccccc3)o2)c1. The first-order valence-corrected chi connectivity index (χ1v) is 6.80. The Bertz CT molecular complexity index is 819. The highest BCUT2D eigenvalue weighted by Crippen LogP contribution is 2.23. The minimum absolute atomic E-state index is 0.0755. The van der Waals surface area contributed by atoms with Crippen LogP contribution >= 0.6 is 0 Å². The minimum atomic E-state index is -0.405. The molecular formula is C18H13NO3. The van der Waals surface area contributed by atoms with Gasteiger partial charge < -0.3 is 4.42 Å². The summed E-state index contributed by atoms with van der Waals surface area (Å²) in [7, 11) is 0. The molecule has 2 aromatic carbocycles. The van der Waals surface area contributed by atoms with E-state index < -0.39 is 4.92 Å². The first-order chi connectivity index (χ1) is 10.7. The summed E-state index contributed by atoms with van der Waals surface area (Å²) in [6.45, 7) is 0. The van der Waals surface area contributed by atoms with Crippen molar-refractivity contribution >= 4 is 17.8 Å². The molecule has 0 N–H and O–H groups in total. The highest BCUT2D eigenvalue weighted by atomic mass is 16.6. The van der Waals surface area contributed by atoms with Crippen molar-refractivity contribution in [3.63, 3.8) is 0 Å². The molecule has 0 unspecified atom stereocenters. The lowest BCUT2D eigenvalue weighted by molar-refractivity contribution is -0.384. The smallest absolute Gasteiger partial charge is 0.270 e. The Morgan fingerprint density at radius 1 is 0.909 bits per heavy atom. The summed E-state index contributed by atoms with van der Waals surface area (Å²) in [5, 5.41) is 10.8. The summed E-state index contributed by atoms with van der Waals surface area (Å²) < 4.78 is 5.75. The van der Waals surface area contributed by atoms with E-state index in [0.717, 1.165) is 16.9 Å². The van der Waals surface area contributed by atoms with Crippen molar-refractivity contribution in [2.75, 3.05) is 0 Å². The molecule has 0 bridgehead atoms. The third-order valence-corrected chi connectivity index (χ3v) is 3.21. The standard InChI is InChI=1S/C18H13NO3/c20-19(21)16-8-4-5-14(13-16)9-10-17-11-12-18(22-17)15-6-2-1-3-7-15/h1-13H. The summed E-state index contributed by atoms with van der Waals surface area (Å²) in [5.41, 5.74) is 1.84. The van der Waals surface area contributed by atoms with Crippen molar-refractivity contribution in [1.82, 2.24) is 0 Å². The van der Waals surface area contributed by atoms with Crippen molar-refractivity contribution in [3.05, 3.63) is 88.2 Å². The van der Waals surface area contributed by atoms with Gasteiger partial charge in [0.15, 0.2) is 0 Å². The zero-order valence-electron chi connectivity index (χ0n) is 11.7. The number of hydrogen-bond acceptors (Lipinski definition) is 3. The maximum Gasteiger partial charge on any atom is 0.270 e. The van der Waals surface area contributed by atoms with E-state index in [1.807, 2.05) is 48.5 Å². The lowest BCUT2D eigenvalue weighted by Crippen LogP contribution is -1.87. The summed E-state index contributed by atoms with van der Waals surface area (Å²) in [4.78, 5) is 10.3. The highest BCUT2D eigenvalue weighted by molar-refractivity contribution is 5.70. The van der Waals surface area contributed by atoms with Crippen LogP contribution in [-0.2, 0) is 0 Å². The van der Waals surface area contributed by atoms with Crippen LogP contribution < -0.4 is 0 Å². The fraction of sp³-hybridized carbons (Fsp3) is 0. The topological polar surface area (TPSA) is 56.3 Å². The second-order valence-electron chi connectivity index (χ2n) is 4.75. The van der Waals surface area contributed by atoms with Crippen LogP contribution in [0.5, 0.6) is 0 Å². The molecule has 0 aliphatic heterocycles. The van der Waals surface area contributed by atoms with Gasteiger partial charge in [-0.2, -0.15) is 0 Å². The monoisotopic (exact) mass is 291 g/mol. The van der Waals surface area contributed by atoms with Crippen molar-refractivity contribution in [3.8, 4) is 11.3 Å². The van der Waals surface area contributed by atoms with Crippen LogP contribution in [0.15, 0.2) is 71.1 Å². The van der Waals surface area contributed by atoms with Crippen molar-refractivity contribution in [2.24, 2.45) is 0 Å². The number of nitro benzene ring substituents is 1. The number of nitrogens with zero attached hydrogens (tertiary/aromatic N) is 1. The fourth-order valence-corrected chi connectivity index (χ4v) is 2.12. The van der Waals surface area contributed by atoms with E-state index in [0.29, 0.717) is 5.76 Å². The molecule has 4 nitrogen and oxygen atoms in total. The number of rotatable bonds is 4. The molecule has 3 rings (SSSR count). The van der Waals surface area contributed by atoms with E-state index >= 15 is 0 Å². The Kier molecular flexibility index (Phi) is 3.83. The van der Waals surface area contributed by atoms with E-state index in [4.69, 9.17) is 4.42 Å². The normalized spacial score (nSPS) is 10.9. The fourth-order valence-electron chi connectivity index (χ4n) is 2.12. The summed E-state index contributed by atoms with van der Waals surface area (Å²) in [6, 6.07) is 20.1. The predicted octanol–water partition coefficient (Wildman–Crippen LogP) is 5.03. The summed E-state index contributed by atoms with van der Waals surface area (Å²) >= 11 is 0. The maximum absolute atomic E-state index is 10.8. The van der Waals surface area contributed by atoms with Gasteiger partial charge in [-0.25, -0.2) is 0 Å². The van der Waals surface area contributed by atoms with E-state index in [2.05, 4.69) is 0 Å². The number of non-ortho nitro benzene ring substituents is 1. The summed E-state index contributed by atoms with van der Waals surface area (Å²) in [6.07, 6.45) is 3.59. The van der Waals surface area contributed by atoms with Gasteiger partial charge in [-0.15, -0.1) is 0 Å². The van der Waals surface area contributed by atoms with Crippen LogP contribution in [0.2, 0.25) is 0 Å². The van der Waals surface area contributed by atoms with Crippen molar-refractivity contribution < 1.29 is 9.34 Å². The Balaban J connectivity index is 1.80. The molecule has 0 saturated carbocycles. The lowest BCUT2D eigenvalue weighted by atomic mass is 10.2. The molecule has 0 amide bonds. The van der Waals surface area contributed by atoms with Gasteiger partial charge in [0.05, 0.1) is 4.92 Å². The average Bonchev–Trinajstić information content (AvgIpc) is 3.03. The second-order valence-corrected chi connectivity index (χ2v) is 4.75. The van der Waals surface area contributed by atoms with Crippen molar-refractivity contribution in [2.45, 2.75) is 0 Å². The van der Waals surface area contributed by atoms with E-state index in [-0.39, 0.29) is 5.69 Å². The maximum atomic E-state index is 10.8. The van der Waals surface area contributed by atoms with Gasteiger partial charge in [0.25, 0.3) is 5.69 Å². The molecule has 4 heteroatoms. The molecule has 22 heavy (non-hydrogen) atoms. The molecule has 0 saturated heterocycles. The van der Waals surface area contributed by atoms with Gasteiger partial charge >= 0.3 is 0 Å². The third-order valence-electron chi connectivity index (χ3n) is 3.21. The molecule has 0 spiro atoms. The van der Waals surface area contributed by atoms with E-state index in [9.17, 15) is 10.1 Å². The van der Waals surface area contributed by atoms with Crippen LogP contribution in [0.3, 0.4) is 0 Å². The predicted molar refractivity (Wildman–Crippen MR) is 86.2 cm³/mol. The Labute approximate surface area is 127 Å². The Hall–Kier alpha value is -3.14. The van der Waals surface area contributed by atoms with E-state index in [1.165, 1.54) is 12.1 Å². The number of hydrogen-bond donors (Lipinski definition) is 0. The van der Waals surface area contributed by atoms with Gasteiger partial charge in [0, 0.05) is 17.7 Å². The molecule has 0 aliphatic rings. The lowest BCUT2D eigenvalue weighted by Gasteiger charge is -1.95. The Morgan fingerprint density at radius 3 is 2.50 bits per heavy atom. The first-order valence-electron chi connectivity index (χ1n) is 6.80. The van der Waals surface area contributed by atoms with Gasteiger partial charge in [0.2, 0.25) is 0 Å².